The summed E-state index contributed by atoms with van der Waals surface area (Å²) in [5, 5.41) is 13.7. The molecule has 2 aromatic carbocycles. The molecule has 0 aromatic heterocycles. The highest BCUT2D eigenvalue weighted by Gasteiger charge is 2.20. The highest BCUT2D eigenvalue weighted by Crippen LogP contribution is 2.25. The maximum atomic E-state index is 12.1. The summed E-state index contributed by atoms with van der Waals surface area (Å²) in [6.45, 7) is 3.45. The van der Waals surface area contributed by atoms with E-state index >= 15 is 0 Å². The van der Waals surface area contributed by atoms with E-state index in [0.29, 0.717) is 5.69 Å². The van der Waals surface area contributed by atoms with Gasteiger partial charge in [-0.15, -0.1) is 0 Å². The van der Waals surface area contributed by atoms with Crippen molar-refractivity contribution < 1.29 is 14.7 Å². The summed E-state index contributed by atoms with van der Waals surface area (Å²) in [7, 11) is 0. The molecule has 0 saturated heterocycles. The number of rotatable bonds is 4. The monoisotopic (exact) mass is 286 g/mol. The highest BCUT2D eigenvalue weighted by molar-refractivity contribution is 6.05. The summed E-state index contributed by atoms with van der Waals surface area (Å²) in [6, 6.07) is 10.3. The molecule has 0 bridgehead atoms. The number of nitrogens with one attached hydrogen (secondary N) is 1. The van der Waals surface area contributed by atoms with E-state index < -0.39 is 11.9 Å². The molecule has 5 heteroatoms. The third kappa shape index (κ3) is 3.20. The Bertz CT molecular complexity index is 695. The molecule has 110 valence electrons. The van der Waals surface area contributed by atoms with Gasteiger partial charge in [0.15, 0.2) is 0 Å². The van der Waals surface area contributed by atoms with Crippen LogP contribution in [0.5, 0.6) is 0 Å². The predicted octanol–water partition coefficient (Wildman–Crippen LogP) is 2.46. The van der Waals surface area contributed by atoms with Crippen molar-refractivity contribution >= 4 is 28.3 Å². The van der Waals surface area contributed by atoms with Gasteiger partial charge in [0.05, 0.1) is 17.2 Å². The van der Waals surface area contributed by atoms with Crippen molar-refractivity contribution in [1.82, 2.24) is 0 Å². The van der Waals surface area contributed by atoms with Crippen molar-refractivity contribution in [3.8, 4) is 0 Å². The fourth-order valence-electron chi connectivity index (χ4n) is 2.01. The number of hydrogen-bond acceptors (Lipinski definition) is 3. The molecule has 0 radical (unpaired) electrons. The smallest absolute Gasteiger partial charge is 0.337 e. The third-order valence-electron chi connectivity index (χ3n) is 3.58. The number of fused-ring (bicyclic) bond motifs is 1. The average molecular weight is 286 g/mol. The molecule has 4 N–H and O–H groups in total. The van der Waals surface area contributed by atoms with E-state index in [1.54, 1.807) is 26.0 Å². The molecule has 0 aliphatic rings. The molecule has 21 heavy (non-hydrogen) atoms. The molecule has 0 saturated carbocycles. The zero-order valence-corrected chi connectivity index (χ0v) is 12.0. The molecular formula is C16H18N2O3. The zero-order valence-electron chi connectivity index (χ0n) is 12.0. The highest BCUT2D eigenvalue weighted by atomic mass is 16.4. The Labute approximate surface area is 122 Å². The molecular weight excluding hydrogens is 268 g/mol. The van der Waals surface area contributed by atoms with Crippen LogP contribution in [0.1, 0.15) is 24.2 Å². The summed E-state index contributed by atoms with van der Waals surface area (Å²) in [5.41, 5.74) is 6.06. The van der Waals surface area contributed by atoms with Crippen LogP contribution in [0, 0.1) is 5.92 Å². The summed E-state index contributed by atoms with van der Waals surface area (Å²) in [6.07, 6.45) is 0. The van der Waals surface area contributed by atoms with Gasteiger partial charge >= 0.3 is 5.97 Å². The van der Waals surface area contributed by atoms with Gasteiger partial charge in [0.25, 0.3) is 0 Å². The van der Waals surface area contributed by atoms with Crippen LogP contribution in [0.15, 0.2) is 36.4 Å². The number of carbonyl (C=O) groups excluding carboxylic acids is 1. The van der Waals surface area contributed by atoms with E-state index in [4.69, 9.17) is 5.73 Å². The first-order valence-corrected chi connectivity index (χ1v) is 6.72. The minimum Gasteiger partial charge on any atom is -0.478 e. The molecule has 1 amide bonds. The Morgan fingerprint density at radius 1 is 1.14 bits per heavy atom. The predicted molar refractivity (Wildman–Crippen MR) is 82.4 cm³/mol. The first kappa shape index (κ1) is 15.0. The molecule has 0 fully saturated rings. The van der Waals surface area contributed by atoms with E-state index in [2.05, 4.69) is 5.32 Å². The average Bonchev–Trinajstić information content (AvgIpc) is 2.45. The lowest BCUT2D eigenvalue weighted by Gasteiger charge is -2.17. The van der Waals surface area contributed by atoms with E-state index in [9.17, 15) is 14.7 Å². The van der Waals surface area contributed by atoms with Gasteiger partial charge in [-0.25, -0.2) is 4.79 Å². The molecule has 5 nitrogen and oxygen atoms in total. The molecule has 0 heterocycles. The van der Waals surface area contributed by atoms with Crippen LogP contribution in [0.2, 0.25) is 0 Å². The van der Waals surface area contributed by atoms with Crippen molar-refractivity contribution in [2.24, 2.45) is 11.7 Å². The minimum atomic E-state index is -1.08. The Kier molecular flexibility index (Phi) is 4.23. The topological polar surface area (TPSA) is 92.4 Å². The summed E-state index contributed by atoms with van der Waals surface area (Å²) in [4.78, 5) is 23.5. The number of carbonyl (C=O) groups is 2. The largest absolute Gasteiger partial charge is 0.478 e. The van der Waals surface area contributed by atoms with Crippen molar-refractivity contribution in [2.75, 3.05) is 5.32 Å². The van der Waals surface area contributed by atoms with Gasteiger partial charge in [-0.1, -0.05) is 31.2 Å². The van der Waals surface area contributed by atoms with Crippen LogP contribution in [0.3, 0.4) is 0 Å². The van der Waals surface area contributed by atoms with E-state index in [1.807, 2.05) is 24.3 Å². The van der Waals surface area contributed by atoms with Gasteiger partial charge in [0, 0.05) is 6.04 Å². The number of benzene rings is 2. The molecule has 2 aromatic rings. The van der Waals surface area contributed by atoms with Gasteiger partial charge in [-0.2, -0.15) is 0 Å². The normalized spacial score (nSPS) is 13.7. The molecule has 2 unspecified atom stereocenters. The Morgan fingerprint density at radius 2 is 1.71 bits per heavy atom. The molecule has 0 spiro atoms. The lowest BCUT2D eigenvalue weighted by Crippen LogP contribution is -2.34. The van der Waals surface area contributed by atoms with E-state index in [0.717, 1.165) is 10.8 Å². The van der Waals surface area contributed by atoms with Crippen molar-refractivity contribution in [2.45, 2.75) is 19.9 Å². The third-order valence-corrected chi connectivity index (χ3v) is 3.58. The van der Waals surface area contributed by atoms with Gasteiger partial charge in [0.1, 0.15) is 0 Å². The fraction of sp³-hybridized carbons (Fsp3) is 0.250. The number of amides is 1. The van der Waals surface area contributed by atoms with Crippen LogP contribution in [-0.4, -0.2) is 23.0 Å². The first-order chi connectivity index (χ1) is 9.90. The minimum absolute atomic E-state index is 0.0684. The second kappa shape index (κ2) is 5.93. The van der Waals surface area contributed by atoms with Crippen LogP contribution < -0.4 is 11.1 Å². The van der Waals surface area contributed by atoms with Gasteiger partial charge in [-0.05, 0) is 29.8 Å². The van der Waals surface area contributed by atoms with E-state index in [-0.39, 0.29) is 17.5 Å². The molecule has 2 atom stereocenters. The van der Waals surface area contributed by atoms with Crippen LogP contribution in [0.4, 0.5) is 5.69 Å². The number of carboxylic acids is 1. The second-order valence-corrected chi connectivity index (χ2v) is 5.19. The maximum absolute atomic E-state index is 12.1. The number of hydrogen-bond donors (Lipinski definition) is 3. The Morgan fingerprint density at radius 3 is 2.24 bits per heavy atom. The standard InChI is InChI=1S/C16H18N2O3/c1-9(10(2)17)15(19)18-14-8-12-6-4-3-5-11(12)7-13(14)16(20)21/h3-10H,17H2,1-2H3,(H,18,19)(H,20,21). The molecule has 2 rings (SSSR count). The lowest BCUT2D eigenvalue weighted by molar-refractivity contribution is -0.119. The van der Waals surface area contributed by atoms with Crippen molar-refractivity contribution in [3.05, 3.63) is 42.0 Å². The second-order valence-electron chi connectivity index (χ2n) is 5.19. The number of carboxylic acid groups (broad SMARTS) is 1. The Hall–Kier alpha value is -2.40. The number of aromatic carboxylic acids is 1. The summed E-state index contributed by atoms with van der Waals surface area (Å²) < 4.78 is 0. The van der Waals surface area contributed by atoms with E-state index in [1.165, 1.54) is 0 Å². The number of nitrogens with two attached hydrogens (primary N) is 1. The number of anilines is 1. The van der Waals surface area contributed by atoms with Gasteiger partial charge < -0.3 is 16.2 Å². The summed E-state index contributed by atoms with van der Waals surface area (Å²) in [5.74, 6) is -1.77. The van der Waals surface area contributed by atoms with Gasteiger partial charge in [-0.3, -0.25) is 4.79 Å². The van der Waals surface area contributed by atoms with Gasteiger partial charge in [0.2, 0.25) is 5.91 Å². The van der Waals surface area contributed by atoms with Crippen LogP contribution in [-0.2, 0) is 4.79 Å². The first-order valence-electron chi connectivity index (χ1n) is 6.72. The van der Waals surface area contributed by atoms with Crippen LogP contribution >= 0.6 is 0 Å². The van der Waals surface area contributed by atoms with Crippen molar-refractivity contribution in [1.29, 1.82) is 0 Å². The summed E-state index contributed by atoms with van der Waals surface area (Å²) >= 11 is 0. The molecule has 0 aliphatic heterocycles. The quantitative estimate of drug-likeness (QED) is 0.805. The van der Waals surface area contributed by atoms with Crippen molar-refractivity contribution in [3.63, 3.8) is 0 Å². The lowest BCUT2D eigenvalue weighted by atomic mass is 10.0. The fourth-order valence-corrected chi connectivity index (χ4v) is 2.01. The SMILES string of the molecule is CC(N)C(C)C(=O)Nc1cc2ccccc2cc1C(=O)O. The maximum Gasteiger partial charge on any atom is 0.337 e. The zero-order chi connectivity index (χ0) is 15.6. The Balaban J connectivity index is 2.44. The molecule has 0 aliphatic carbocycles. The van der Waals surface area contributed by atoms with Crippen LogP contribution in [0.25, 0.3) is 10.8 Å².